The zero-order valence-corrected chi connectivity index (χ0v) is 14.5. The number of carbonyl (C=O) groups is 1. The maximum absolute atomic E-state index is 12.6. The van der Waals surface area contributed by atoms with E-state index < -0.39 is 0 Å². The molecule has 1 aliphatic carbocycles. The van der Waals surface area contributed by atoms with Crippen LogP contribution in [0.15, 0.2) is 22.7 Å². The molecule has 0 saturated heterocycles. The van der Waals surface area contributed by atoms with Crippen molar-refractivity contribution >= 4 is 33.2 Å². The molecular formula is C17H22BrN2O. The highest BCUT2D eigenvalue weighted by Crippen LogP contribution is 2.41. The van der Waals surface area contributed by atoms with Gasteiger partial charge in [0.05, 0.1) is 17.4 Å². The number of amides is 1. The Morgan fingerprint density at radius 2 is 2.00 bits per heavy atom. The molecule has 1 saturated carbocycles. The highest BCUT2D eigenvalue weighted by atomic mass is 79.9. The lowest BCUT2D eigenvalue weighted by molar-refractivity contribution is -0.120. The Bertz CT molecular complexity index is 554. The van der Waals surface area contributed by atoms with Crippen molar-refractivity contribution in [3.63, 3.8) is 0 Å². The van der Waals surface area contributed by atoms with E-state index in [9.17, 15) is 4.79 Å². The van der Waals surface area contributed by atoms with Gasteiger partial charge in [-0.05, 0) is 43.9 Å². The van der Waals surface area contributed by atoms with Gasteiger partial charge in [-0.25, -0.2) is 0 Å². The molecule has 4 heteroatoms. The van der Waals surface area contributed by atoms with E-state index in [0.29, 0.717) is 5.91 Å². The van der Waals surface area contributed by atoms with E-state index >= 15 is 0 Å². The second-order valence-electron chi connectivity index (χ2n) is 6.55. The Morgan fingerprint density at radius 3 is 2.62 bits per heavy atom. The van der Waals surface area contributed by atoms with Crippen molar-refractivity contribution in [3.8, 4) is 0 Å². The Kier molecular flexibility index (Phi) is 4.00. The largest absolute Gasteiger partial charge is 0.367 e. The van der Waals surface area contributed by atoms with Crippen LogP contribution in [0.3, 0.4) is 0 Å². The van der Waals surface area contributed by atoms with Gasteiger partial charge in [0.2, 0.25) is 5.91 Å². The second-order valence-corrected chi connectivity index (χ2v) is 7.47. The van der Waals surface area contributed by atoms with E-state index in [-0.39, 0.29) is 12.0 Å². The smallest absolute Gasteiger partial charge is 0.230 e. The first-order chi connectivity index (χ1) is 9.97. The van der Waals surface area contributed by atoms with Crippen LogP contribution in [-0.2, 0) is 4.79 Å². The molecule has 0 spiro atoms. The van der Waals surface area contributed by atoms with Crippen molar-refractivity contribution in [2.45, 2.75) is 39.7 Å². The fraction of sp³-hybridized carbons (Fsp3) is 0.529. The number of anilines is 2. The SMILES string of the molecule is C[C](C)CN1C[C@H](C)N(C(=O)C2CC2)c2ccc(Br)cc21. The summed E-state index contributed by atoms with van der Waals surface area (Å²) >= 11 is 3.56. The molecule has 1 heterocycles. The highest BCUT2D eigenvalue weighted by molar-refractivity contribution is 9.10. The number of benzene rings is 1. The predicted molar refractivity (Wildman–Crippen MR) is 90.6 cm³/mol. The van der Waals surface area contributed by atoms with Crippen LogP contribution >= 0.6 is 15.9 Å². The van der Waals surface area contributed by atoms with Crippen LogP contribution in [0.4, 0.5) is 11.4 Å². The van der Waals surface area contributed by atoms with Crippen LogP contribution in [0.25, 0.3) is 0 Å². The molecule has 0 aromatic heterocycles. The summed E-state index contributed by atoms with van der Waals surface area (Å²) < 4.78 is 1.06. The first-order valence-electron chi connectivity index (χ1n) is 7.64. The van der Waals surface area contributed by atoms with Crippen LogP contribution in [0, 0.1) is 11.8 Å². The van der Waals surface area contributed by atoms with Crippen molar-refractivity contribution in [1.82, 2.24) is 0 Å². The van der Waals surface area contributed by atoms with Gasteiger partial charge in [-0.3, -0.25) is 4.79 Å². The molecule has 1 amide bonds. The topological polar surface area (TPSA) is 23.6 Å². The quantitative estimate of drug-likeness (QED) is 0.822. The Hall–Kier alpha value is -1.03. The summed E-state index contributed by atoms with van der Waals surface area (Å²) in [7, 11) is 0. The summed E-state index contributed by atoms with van der Waals surface area (Å²) in [5.41, 5.74) is 2.23. The Balaban J connectivity index is 1.99. The van der Waals surface area contributed by atoms with Crippen LogP contribution < -0.4 is 9.80 Å². The fourth-order valence-electron chi connectivity index (χ4n) is 3.08. The summed E-state index contributed by atoms with van der Waals surface area (Å²) in [6, 6.07) is 6.47. The third-order valence-corrected chi connectivity index (χ3v) is 4.63. The minimum atomic E-state index is 0.228. The van der Waals surface area contributed by atoms with E-state index in [1.807, 2.05) is 11.0 Å². The minimum Gasteiger partial charge on any atom is -0.367 e. The van der Waals surface area contributed by atoms with Gasteiger partial charge in [0.15, 0.2) is 0 Å². The molecule has 3 nitrogen and oxygen atoms in total. The zero-order chi connectivity index (χ0) is 15.1. The molecule has 1 aromatic rings. The van der Waals surface area contributed by atoms with Crippen molar-refractivity contribution in [2.24, 2.45) is 5.92 Å². The second kappa shape index (κ2) is 5.64. The van der Waals surface area contributed by atoms with Gasteiger partial charge in [-0.2, -0.15) is 0 Å². The minimum absolute atomic E-state index is 0.228. The van der Waals surface area contributed by atoms with E-state index in [0.717, 1.165) is 41.8 Å². The molecule has 3 rings (SSSR count). The molecule has 113 valence electrons. The summed E-state index contributed by atoms with van der Waals surface area (Å²) in [5.74, 6) is 1.95. The lowest BCUT2D eigenvalue weighted by Gasteiger charge is -2.43. The number of rotatable bonds is 3. The molecule has 0 N–H and O–H groups in total. The monoisotopic (exact) mass is 349 g/mol. The van der Waals surface area contributed by atoms with Crippen molar-refractivity contribution in [1.29, 1.82) is 0 Å². The molecule has 0 unspecified atom stereocenters. The average molecular weight is 350 g/mol. The molecule has 1 aromatic carbocycles. The van der Waals surface area contributed by atoms with E-state index in [1.165, 1.54) is 5.92 Å². The Labute approximate surface area is 135 Å². The summed E-state index contributed by atoms with van der Waals surface area (Å²) in [4.78, 5) is 17.1. The molecular weight excluding hydrogens is 328 g/mol. The summed E-state index contributed by atoms with van der Waals surface area (Å²) in [6.07, 6.45) is 2.11. The van der Waals surface area contributed by atoms with Gasteiger partial charge in [-0.15, -0.1) is 0 Å². The van der Waals surface area contributed by atoms with Crippen LogP contribution in [-0.4, -0.2) is 25.0 Å². The van der Waals surface area contributed by atoms with E-state index in [2.05, 4.69) is 53.7 Å². The van der Waals surface area contributed by atoms with E-state index in [4.69, 9.17) is 0 Å². The standard InChI is InChI=1S/C17H22BrN2O/c1-11(2)9-19-10-12(3)20(17(21)13-4-5-13)15-7-6-14(18)8-16(15)19/h6-8,12-13H,4-5,9-10H2,1-3H3/t12-/m0/s1. The Morgan fingerprint density at radius 1 is 1.29 bits per heavy atom. The van der Waals surface area contributed by atoms with Crippen molar-refractivity contribution in [3.05, 3.63) is 28.6 Å². The summed E-state index contributed by atoms with van der Waals surface area (Å²) in [5, 5.41) is 0. The van der Waals surface area contributed by atoms with Crippen molar-refractivity contribution in [2.75, 3.05) is 22.9 Å². The summed E-state index contributed by atoms with van der Waals surface area (Å²) in [6.45, 7) is 8.31. The van der Waals surface area contributed by atoms with Gasteiger partial charge in [0.1, 0.15) is 0 Å². The first-order valence-corrected chi connectivity index (χ1v) is 8.43. The lowest BCUT2D eigenvalue weighted by Crippen LogP contribution is -2.51. The maximum atomic E-state index is 12.6. The molecule has 21 heavy (non-hydrogen) atoms. The van der Waals surface area contributed by atoms with Crippen LogP contribution in [0.5, 0.6) is 0 Å². The van der Waals surface area contributed by atoms with Crippen LogP contribution in [0.1, 0.15) is 33.6 Å². The molecule has 0 bridgehead atoms. The van der Waals surface area contributed by atoms with Gasteiger partial charge in [0, 0.05) is 23.5 Å². The van der Waals surface area contributed by atoms with Gasteiger partial charge in [0.25, 0.3) is 0 Å². The number of hydrogen-bond donors (Lipinski definition) is 0. The van der Waals surface area contributed by atoms with Gasteiger partial charge >= 0.3 is 0 Å². The number of nitrogens with zero attached hydrogens (tertiary/aromatic N) is 2. The number of hydrogen-bond acceptors (Lipinski definition) is 2. The lowest BCUT2D eigenvalue weighted by atomic mass is 10.0. The highest BCUT2D eigenvalue weighted by Gasteiger charge is 2.39. The number of fused-ring (bicyclic) bond motifs is 1. The zero-order valence-electron chi connectivity index (χ0n) is 12.9. The number of halogens is 1. The third-order valence-electron chi connectivity index (χ3n) is 4.13. The average Bonchev–Trinajstić information content (AvgIpc) is 3.22. The maximum Gasteiger partial charge on any atom is 0.230 e. The molecule has 1 aliphatic heterocycles. The first kappa shape index (κ1) is 14.9. The van der Waals surface area contributed by atoms with Gasteiger partial charge < -0.3 is 9.80 Å². The molecule has 1 radical (unpaired) electrons. The third kappa shape index (κ3) is 2.96. The van der Waals surface area contributed by atoms with E-state index in [1.54, 1.807) is 0 Å². The number of carbonyl (C=O) groups excluding carboxylic acids is 1. The van der Waals surface area contributed by atoms with Gasteiger partial charge in [-0.1, -0.05) is 29.8 Å². The van der Waals surface area contributed by atoms with Crippen molar-refractivity contribution < 1.29 is 4.79 Å². The fourth-order valence-corrected chi connectivity index (χ4v) is 3.43. The normalized spacial score (nSPS) is 21.7. The molecule has 1 fully saturated rings. The predicted octanol–water partition coefficient (Wildman–Crippen LogP) is 4.01. The molecule has 1 atom stereocenters. The molecule has 2 aliphatic rings. The van der Waals surface area contributed by atoms with Crippen LogP contribution in [0.2, 0.25) is 0 Å².